The Morgan fingerprint density at radius 3 is 2.57 bits per heavy atom. The van der Waals surface area contributed by atoms with E-state index >= 15 is 0 Å². The molecule has 5 nitrogen and oxygen atoms in total. The summed E-state index contributed by atoms with van der Waals surface area (Å²) in [5.41, 5.74) is 0.884. The quantitative estimate of drug-likeness (QED) is 0.854. The van der Waals surface area contributed by atoms with Crippen LogP contribution in [-0.4, -0.2) is 22.1 Å². The van der Waals surface area contributed by atoms with Gasteiger partial charge in [-0.15, -0.1) is 11.8 Å². The van der Waals surface area contributed by atoms with Crippen LogP contribution in [0.4, 0.5) is 19.3 Å². The zero-order valence-corrected chi connectivity index (χ0v) is 12.3. The maximum atomic E-state index is 13.6. The highest BCUT2D eigenvalue weighted by Gasteiger charge is 2.11. The first-order valence-corrected chi connectivity index (χ1v) is 7.27. The molecule has 21 heavy (non-hydrogen) atoms. The second-order valence-corrected chi connectivity index (χ2v) is 5.12. The van der Waals surface area contributed by atoms with Gasteiger partial charge in [-0.1, -0.05) is 0 Å². The lowest BCUT2D eigenvalue weighted by atomic mass is 10.3. The van der Waals surface area contributed by atoms with E-state index in [2.05, 4.69) is 15.7 Å². The third-order valence-electron chi connectivity index (χ3n) is 2.67. The molecule has 0 radical (unpaired) electrons. The summed E-state index contributed by atoms with van der Waals surface area (Å²) in [6.07, 6.45) is 4.95. The molecule has 0 aliphatic carbocycles. The van der Waals surface area contributed by atoms with Crippen LogP contribution < -0.4 is 10.6 Å². The molecule has 2 N–H and O–H groups in total. The van der Waals surface area contributed by atoms with Crippen LogP contribution in [0.5, 0.6) is 0 Å². The first kappa shape index (κ1) is 15.3. The molecule has 0 saturated carbocycles. The monoisotopic (exact) mass is 312 g/mol. The number of nitrogens with zero attached hydrogens (tertiary/aromatic N) is 2. The van der Waals surface area contributed by atoms with Gasteiger partial charge >= 0.3 is 6.03 Å². The summed E-state index contributed by atoms with van der Waals surface area (Å²) in [6.45, 7) is 0.271. The number of hydrogen-bond acceptors (Lipinski definition) is 3. The number of aromatic nitrogens is 2. The van der Waals surface area contributed by atoms with Gasteiger partial charge < -0.3 is 10.6 Å². The lowest BCUT2D eigenvalue weighted by Gasteiger charge is -2.09. The second kappa shape index (κ2) is 6.57. The molecule has 8 heteroatoms. The molecule has 2 amide bonds. The number of hydrogen-bond donors (Lipinski definition) is 2. The molecule has 0 saturated heterocycles. The lowest BCUT2D eigenvalue weighted by Crippen LogP contribution is -2.28. The van der Waals surface area contributed by atoms with Crippen molar-refractivity contribution in [2.75, 3.05) is 11.6 Å². The number of aryl methyl sites for hydroxylation is 1. The molecular weight excluding hydrogens is 298 g/mol. The molecule has 0 fully saturated rings. The number of carbonyl (C=O) groups is 1. The van der Waals surface area contributed by atoms with E-state index in [0.29, 0.717) is 0 Å². The number of halogens is 2. The highest BCUT2D eigenvalue weighted by atomic mass is 32.2. The summed E-state index contributed by atoms with van der Waals surface area (Å²) in [5.74, 6) is -1.41. The average molecular weight is 312 g/mol. The van der Waals surface area contributed by atoms with Gasteiger partial charge in [-0.2, -0.15) is 5.10 Å². The number of carbonyl (C=O) groups excluding carboxylic acids is 1. The molecule has 0 aliphatic heterocycles. The van der Waals surface area contributed by atoms with Gasteiger partial charge in [0.25, 0.3) is 0 Å². The SMILES string of the molecule is CSc1c(F)cc(NC(=O)NCc2cnn(C)c2)cc1F. The van der Waals surface area contributed by atoms with Crippen molar-refractivity contribution in [3.63, 3.8) is 0 Å². The fraction of sp³-hybridized carbons (Fsp3) is 0.231. The summed E-state index contributed by atoms with van der Waals surface area (Å²) >= 11 is 0.972. The van der Waals surface area contributed by atoms with Crippen molar-refractivity contribution in [2.45, 2.75) is 11.4 Å². The third kappa shape index (κ3) is 3.94. The van der Waals surface area contributed by atoms with E-state index in [4.69, 9.17) is 0 Å². The molecule has 112 valence electrons. The van der Waals surface area contributed by atoms with E-state index in [0.717, 1.165) is 29.5 Å². The number of amides is 2. The van der Waals surface area contributed by atoms with Crippen LogP contribution in [0.3, 0.4) is 0 Å². The third-order valence-corrected chi connectivity index (χ3v) is 3.47. The standard InChI is InChI=1S/C13H14F2N4OS/c1-19-7-8(6-17-19)5-16-13(20)18-9-3-10(14)12(21-2)11(15)4-9/h3-4,6-7H,5H2,1-2H3,(H2,16,18,20). The molecule has 0 aliphatic rings. The van der Waals surface area contributed by atoms with Crippen LogP contribution >= 0.6 is 11.8 Å². The van der Waals surface area contributed by atoms with E-state index in [1.54, 1.807) is 30.4 Å². The van der Waals surface area contributed by atoms with Crippen molar-refractivity contribution in [2.24, 2.45) is 7.05 Å². The summed E-state index contributed by atoms with van der Waals surface area (Å²) in [6, 6.07) is 1.62. The van der Waals surface area contributed by atoms with Crippen LogP contribution in [0.25, 0.3) is 0 Å². The fourth-order valence-corrected chi connectivity index (χ4v) is 2.26. The highest BCUT2D eigenvalue weighted by molar-refractivity contribution is 7.98. The molecule has 0 spiro atoms. The number of thioether (sulfide) groups is 1. The van der Waals surface area contributed by atoms with Gasteiger partial charge in [0.15, 0.2) is 0 Å². The van der Waals surface area contributed by atoms with Crippen molar-refractivity contribution in [3.8, 4) is 0 Å². The van der Waals surface area contributed by atoms with Crippen molar-refractivity contribution < 1.29 is 13.6 Å². The Hall–Kier alpha value is -2.09. The van der Waals surface area contributed by atoms with E-state index in [-0.39, 0.29) is 17.1 Å². The normalized spacial score (nSPS) is 10.5. The maximum Gasteiger partial charge on any atom is 0.319 e. The van der Waals surface area contributed by atoms with Crippen LogP contribution in [0, 0.1) is 11.6 Å². The summed E-state index contributed by atoms with van der Waals surface area (Å²) in [4.78, 5) is 11.6. The number of rotatable bonds is 4. The van der Waals surface area contributed by atoms with E-state index in [9.17, 15) is 13.6 Å². The fourth-order valence-electron chi connectivity index (χ4n) is 1.75. The van der Waals surface area contributed by atoms with E-state index < -0.39 is 17.7 Å². The Balaban J connectivity index is 1.96. The van der Waals surface area contributed by atoms with Gasteiger partial charge in [-0.05, 0) is 18.4 Å². The molecule has 1 aromatic carbocycles. The van der Waals surface area contributed by atoms with Gasteiger partial charge in [-0.25, -0.2) is 13.6 Å². The lowest BCUT2D eigenvalue weighted by molar-refractivity contribution is 0.251. The Morgan fingerprint density at radius 1 is 1.38 bits per heavy atom. The minimum atomic E-state index is -0.704. The van der Waals surface area contributed by atoms with Crippen molar-refractivity contribution in [1.82, 2.24) is 15.1 Å². The summed E-state index contributed by atoms with van der Waals surface area (Å²) < 4.78 is 28.8. The van der Waals surface area contributed by atoms with Crippen LogP contribution in [0.2, 0.25) is 0 Å². The first-order valence-electron chi connectivity index (χ1n) is 6.05. The molecule has 0 bridgehead atoms. The van der Waals surface area contributed by atoms with Crippen molar-refractivity contribution in [3.05, 3.63) is 41.7 Å². The van der Waals surface area contributed by atoms with Crippen LogP contribution in [0.1, 0.15) is 5.56 Å². The topological polar surface area (TPSA) is 59.0 Å². The molecular formula is C13H14F2N4OS. The number of nitrogens with one attached hydrogen (secondary N) is 2. The van der Waals surface area contributed by atoms with Gasteiger partial charge in [-0.3, -0.25) is 4.68 Å². The Kier molecular flexibility index (Phi) is 4.79. The smallest absolute Gasteiger partial charge is 0.319 e. The Bertz CT molecular complexity index is 636. The van der Waals surface area contributed by atoms with Crippen molar-refractivity contribution >= 4 is 23.5 Å². The second-order valence-electron chi connectivity index (χ2n) is 4.30. The zero-order valence-electron chi connectivity index (χ0n) is 11.5. The molecule has 2 rings (SSSR count). The molecule has 2 aromatic rings. The van der Waals surface area contributed by atoms with Crippen molar-refractivity contribution in [1.29, 1.82) is 0 Å². The zero-order chi connectivity index (χ0) is 15.4. The van der Waals surface area contributed by atoms with Crippen LogP contribution in [0.15, 0.2) is 29.4 Å². The minimum Gasteiger partial charge on any atom is -0.334 e. The summed E-state index contributed by atoms with van der Waals surface area (Å²) in [7, 11) is 1.77. The predicted molar refractivity (Wildman–Crippen MR) is 77.2 cm³/mol. The molecule has 1 heterocycles. The number of urea groups is 1. The maximum absolute atomic E-state index is 13.6. The van der Waals surface area contributed by atoms with E-state index in [1.165, 1.54) is 0 Å². The number of benzene rings is 1. The summed E-state index contributed by atoms with van der Waals surface area (Å²) in [5, 5.41) is 8.92. The molecule has 1 aromatic heterocycles. The minimum absolute atomic E-state index is 0.0616. The highest BCUT2D eigenvalue weighted by Crippen LogP contribution is 2.26. The first-order chi connectivity index (χ1) is 9.99. The average Bonchev–Trinajstić information content (AvgIpc) is 2.82. The molecule has 0 unspecified atom stereocenters. The number of anilines is 1. The van der Waals surface area contributed by atoms with Gasteiger partial charge in [0.05, 0.1) is 11.1 Å². The Morgan fingerprint density at radius 2 is 2.05 bits per heavy atom. The van der Waals surface area contributed by atoms with Gasteiger partial charge in [0, 0.05) is 31.0 Å². The predicted octanol–water partition coefficient (Wildman–Crippen LogP) is 2.74. The largest absolute Gasteiger partial charge is 0.334 e. The molecule has 0 atom stereocenters. The van der Waals surface area contributed by atoms with Crippen LogP contribution in [-0.2, 0) is 13.6 Å². The van der Waals surface area contributed by atoms with Gasteiger partial charge in [0.1, 0.15) is 11.6 Å². The van der Waals surface area contributed by atoms with Gasteiger partial charge in [0.2, 0.25) is 0 Å². The van der Waals surface area contributed by atoms with E-state index in [1.807, 2.05) is 0 Å². The Labute approximate surface area is 124 Å².